The molecule has 0 radical (unpaired) electrons. The van der Waals surface area contributed by atoms with Gasteiger partial charge in [-0.3, -0.25) is 13.8 Å². The lowest BCUT2D eigenvalue weighted by Gasteiger charge is -2.41. The summed E-state index contributed by atoms with van der Waals surface area (Å²) in [7, 11) is -5.05. The highest BCUT2D eigenvalue weighted by Crippen LogP contribution is 2.47. The molecule has 1 aliphatic rings. The third-order valence-corrected chi connectivity index (χ3v) is 13.9. The monoisotopic (exact) mass is 908 g/mol. The molecule has 1 rings (SSSR count). The van der Waals surface area contributed by atoms with E-state index in [-0.39, 0.29) is 12.3 Å². The summed E-state index contributed by atoms with van der Waals surface area (Å²) >= 11 is 0. The molecule has 8 N–H and O–H groups in total. The molecule has 13 heteroatoms. The van der Waals surface area contributed by atoms with Crippen molar-refractivity contribution in [3.8, 4) is 0 Å². The van der Waals surface area contributed by atoms with Gasteiger partial charge in [-0.05, 0) is 12.8 Å². The van der Waals surface area contributed by atoms with E-state index in [2.05, 4.69) is 19.2 Å². The lowest BCUT2D eigenvalue weighted by molar-refractivity contribution is -0.220. The van der Waals surface area contributed by atoms with Gasteiger partial charge < -0.3 is 40.8 Å². The van der Waals surface area contributed by atoms with Crippen LogP contribution in [0.2, 0.25) is 0 Å². The van der Waals surface area contributed by atoms with Crippen molar-refractivity contribution in [2.24, 2.45) is 0 Å². The third-order valence-electron chi connectivity index (χ3n) is 12.9. The number of nitrogens with one attached hydrogen (secondary N) is 1. The number of phosphoric acid groups is 1. The number of rotatable bonds is 44. The third kappa shape index (κ3) is 30.5. The van der Waals surface area contributed by atoms with Gasteiger partial charge in [0.05, 0.1) is 18.8 Å². The van der Waals surface area contributed by atoms with Gasteiger partial charge in [0.1, 0.15) is 36.6 Å². The van der Waals surface area contributed by atoms with Crippen molar-refractivity contribution in [1.82, 2.24) is 5.32 Å². The zero-order valence-corrected chi connectivity index (χ0v) is 40.6. The molecule has 0 aromatic carbocycles. The number of aliphatic hydroxyl groups excluding tert-OH is 6. The molecule has 0 saturated heterocycles. The molecule has 0 aliphatic heterocycles. The fourth-order valence-corrected chi connectivity index (χ4v) is 9.64. The van der Waals surface area contributed by atoms with E-state index in [1.54, 1.807) is 0 Å². The molecule has 370 valence electrons. The highest BCUT2D eigenvalue weighted by atomic mass is 31.2. The molecule has 0 heterocycles. The first kappa shape index (κ1) is 59.4. The topological polar surface area (TPSA) is 206 Å². The molecule has 62 heavy (non-hydrogen) atoms. The Bertz CT molecular complexity index is 1060. The smallest absolute Gasteiger partial charge is 0.391 e. The number of unbranched alkanes of at least 4 members (excludes halogenated alkanes) is 33. The van der Waals surface area contributed by atoms with Gasteiger partial charge in [-0.2, -0.15) is 0 Å². The van der Waals surface area contributed by atoms with Gasteiger partial charge in [0.2, 0.25) is 5.91 Å². The fourth-order valence-electron chi connectivity index (χ4n) is 8.67. The van der Waals surface area contributed by atoms with Crippen LogP contribution >= 0.6 is 7.82 Å². The summed E-state index contributed by atoms with van der Waals surface area (Å²) in [6, 6.07) is -1.03. The molecule has 0 aromatic heterocycles. The highest BCUT2D eigenvalue weighted by molar-refractivity contribution is 7.47. The van der Waals surface area contributed by atoms with Gasteiger partial charge in [-0.1, -0.05) is 232 Å². The fraction of sp³-hybridized carbons (Fsp3) is 0.980. The number of carbonyl (C=O) groups is 1. The second-order valence-corrected chi connectivity index (χ2v) is 20.1. The molecule has 0 aromatic rings. The van der Waals surface area contributed by atoms with Gasteiger partial charge >= 0.3 is 7.82 Å². The molecule has 1 aliphatic carbocycles. The van der Waals surface area contributed by atoms with Gasteiger partial charge in [-0.15, -0.1) is 0 Å². The molecule has 0 spiro atoms. The van der Waals surface area contributed by atoms with Gasteiger partial charge in [0.25, 0.3) is 0 Å². The molecule has 6 unspecified atom stereocenters. The van der Waals surface area contributed by atoms with E-state index in [9.17, 15) is 44.9 Å². The molecule has 0 bridgehead atoms. The molecule has 1 amide bonds. The van der Waals surface area contributed by atoms with Crippen LogP contribution in [0.3, 0.4) is 0 Å². The van der Waals surface area contributed by atoms with E-state index in [0.717, 1.165) is 38.5 Å². The van der Waals surface area contributed by atoms with E-state index in [0.29, 0.717) is 19.3 Å². The lowest BCUT2D eigenvalue weighted by atomic mass is 9.85. The minimum atomic E-state index is -5.05. The van der Waals surface area contributed by atoms with Gasteiger partial charge in [0, 0.05) is 6.42 Å². The Labute approximate surface area is 378 Å². The predicted molar refractivity (Wildman–Crippen MR) is 251 cm³/mol. The Morgan fingerprint density at radius 2 is 0.774 bits per heavy atom. The van der Waals surface area contributed by atoms with Gasteiger partial charge in [-0.25, -0.2) is 4.57 Å². The average molecular weight is 908 g/mol. The van der Waals surface area contributed by atoms with Crippen LogP contribution in [-0.4, -0.2) is 96.8 Å². The van der Waals surface area contributed by atoms with Crippen molar-refractivity contribution in [3.63, 3.8) is 0 Å². The van der Waals surface area contributed by atoms with E-state index in [1.165, 1.54) is 173 Å². The zero-order valence-electron chi connectivity index (χ0n) is 39.7. The second kappa shape index (κ2) is 39.5. The van der Waals surface area contributed by atoms with Crippen molar-refractivity contribution < 1.29 is 53.9 Å². The number of phosphoric ester groups is 1. The van der Waals surface area contributed by atoms with Crippen LogP contribution in [0.5, 0.6) is 0 Å². The van der Waals surface area contributed by atoms with Crippen molar-refractivity contribution in [3.05, 3.63) is 0 Å². The largest absolute Gasteiger partial charge is 0.472 e. The number of amides is 1. The first-order chi connectivity index (χ1) is 29.9. The van der Waals surface area contributed by atoms with Crippen LogP contribution in [0.1, 0.15) is 251 Å². The number of aliphatic hydroxyl groups is 6. The Kier molecular flexibility index (Phi) is 37.8. The molecular weight excluding hydrogens is 810 g/mol. The number of hydrogen-bond acceptors (Lipinski definition) is 10. The summed E-state index contributed by atoms with van der Waals surface area (Å²) in [5, 5.41) is 64.3. The first-order valence-electron chi connectivity index (χ1n) is 26.0. The molecule has 12 nitrogen and oxygen atoms in total. The molecule has 9 atom stereocenters. The number of hydrogen-bond donors (Lipinski definition) is 8. The summed E-state index contributed by atoms with van der Waals surface area (Å²) in [4.78, 5) is 23.5. The van der Waals surface area contributed by atoms with Crippen LogP contribution in [-0.2, 0) is 18.4 Å². The van der Waals surface area contributed by atoms with Crippen LogP contribution in [0.25, 0.3) is 0 Å². The molecule has 1 saturated carbocycles. The SMILES string of the molecule is CCCCCCCCCCCCCCCCCCCCC(=O)N[C@@H](COP(=O)(O)OC1C(O)C(O)C(O)[C@@H](O)C1O)[C@H](O)CCCCCCCCCCCCCCCCCCC. The summed E-state index contributed by atoms with van der Waals surface area (Å²) in [6.07, 6.45) is 31.3. The normalized spacial score (nSPS) is 22.4. The highest BCUT2D eigenvalue weighted by Gasteiger charge is 2.51. The molecule has 1 fully saturated rings. The maximum atomic E-state index is 13.0. The van der Waals surface area contributed by atoms with Crippen molar-refractivity contribution >= 4 is 13.7 Å². The Hall–Kier alpha value is -0.660. The lowest BCUT2D eigenvalue weighted by Crippen LogP contribution is -2.64. The Morgan fingerprint density at radius 3 is 1.11 bits per heavy atom. The van der Waals surface area contributed by atoms with Gasteiger partial charge in [0.15, 0.2) is 0 Å². The van der Waals surface area contributed by atoms with Crippen LogP contribution in [0, 0.1) is 0 Å². The van der Waals surface area contributed by atoms with Crippen LogP contribution in [0.15, 0.2) is 0 Å². The van der Waals surface area contributed by atoms with Crippen molar-refractivity contribution in [1.29, 1.82) is 0 Å². The van der Waals surface area contributed by atoms with E-state index < -0.39 is 63.2 Å². The van der Waals surface area contributed by atoms with Crippen LogP contribution < -0.4 is 5.32 Å². The zero-order chi connectivity index (χ0) is 45.7. The van der Waals surface area contributed by atoms with Crippen LogP contribution in [0.4, 0.5) is 0 Å². The standard InChI is InChI=1S/C49H98NO11P/c1-3-5-7-9-11-13-15-17-19-21-23-25-27-29-31-33-35-37-39-43(52)50-41(40-60-62(58,59)61-49-47(56)45(54)44(53)46(55)48(49)57)42(51)38-36-34-32-30-28-26-24-22-20-18-16-14-12-10-8-6-4-2/h41-42,44-49,51,53-57H,3-40H2,1-2H3,(H,50,52)(H,58,59)/t41-,42+,44?,45+,46?,47?,48?,49?/m0/s1. The average Bonchev–Trinajstić information content (AvgIpc) is 3.25. The van der Waals surface area contributed by atoms with E-state index in [4.69, 9.17) is 9.05 Å². The minimum Gasteiger partial charge on any atom is -0.391 e. The predicted octanol–water partition coefficient (Wildman–Crippen LogP) is 10.6. The maximum Gasteiger partial charge on any atom is 0.472 e. The summed E-state index contributed by atoms with van der Waals surface area (Å²) in [5.74, 6) is -0.302. The molecular formula is C49H98NO11P. The second-order valence-electron chi connectivity index (χ2n) is 18.7. The summed E-state index contributed by atoms with van der Waals surface area (Å²) in [6.45, 7) is 3.93. The number of carbonyl (C=O) groups excluding carboxylic acids is 1. The summed E-state index contributed by atoms with van der Waals surface area (Å²) < 4.78 is 23.0. The Morgan fingerprint density at radius 1 is 0.484 bits per heavy atom. The van der Waals surface area contributed by atoms with Crippen molar-refractivity contribution in [2.45, 2.75) is 300 Å². The maximum absolute atomic E-state index is 13.0. The summed E-state index contributed by atoms with van der Waals surface area (Å²) in [5.41, 5.74) is 0. The van der Waals surface area contributed by atoms with Crippen molar-refractivity contribution in [2.75, 3.05) is 6.61 Å². The Balaban J connectivity index is 2.40. The van der Waals surface area contributed by atoms with E-state index >= 15 is 0 Å². The van der Waals surface area contributed by atoms with E-state index in [1.807, 2.05) is 0 Å². The quantitative estimate of drug-likeness (QED) is 0.0213. The minimum absolute atomic E-state index is 0.243. The first-order valence-corrected chi connectivity index (χ1v) is 27.5.